The zero-order valence-electron chi connectivity index (χ0n) is 20.0. The number of likely N-dealkylation sites (tertiary alicyclic amines) is 1. The van der Waals surface area contributed by atoms with E-state index in [1.165, 1.54) is 45.1 Å². The number of nitrogens with one attached hydrogen (secondary N) is 3. The van der Waals surface area contributed by atoms with Crippen LogP contribution in [0.5, 0.6) is 0 Å². The molecule has 180 valence electrons. The lowest BCUT2D eigenvalue weighted by atomic mass is 10.1. The topological polar surface area (TPSA) is 104 Å². The summed E-state index contributed by atoms with van der Waals surface area (Å²) in [6, 6.07) is 4.83. The second-order valence-corrected chi connectivity index (χ2v) is 9.33. The number of rotatable bonds is 8. The molecule has 0 amide bonds. The zero-order chi connectivity index (χ0) is 23.2. The van der Waals surface area contributed by atoms with Gasteiger partial charge in [0.05, 0.1) is 17.4 Å². The number of hydrogen-bond donors (Lipinski definition) is 3. The van der Waals surface area contributed by atoms with Crippen LogP contribution >= 0.6 is 0 Å². The zero-order valence-corrected chi connectivity index (χ0v) is 20.0. The molecule has 5 rings (SSSR count). The molecule has 34 heavy (non-hydrogen) atoms. The van der Waals surface area contributed by atoms with E-state index < -0.39 is 0 Å². The molecule has 0 spiro atoms. The van der Waals surface area contributed by atoms with Gasteiger partial charge in [0.2, 0.25) is 17.8 Å². The van der Waals surface area contributed by atoms with Crippen molar-refractivity contribution in [3.05, 3.63) is 30.7 Å². The molecule has 1 unspecified atom stereocenters. The molecule has 9 heteroatoms. The summed E-state index contributed by atoms with van der Waals surface area (Å²) in [5.41, 5.74) is 1.62. The third kappa shape index (κ3) is 5.52. The second-order valence-electron chi connectivity index (χ2n) is 9.33. The number of anilines is 4. The minimum atomic E-state index is 0.400. The SMILES string of the molecule is CCN1CCCC1CNc1nc(Nc2cncc3cccnc23)nc(NC2CCCCCC2)n1. The number of fused-ring (bicyclic) bond motifs is 1. The maximum atomic E-state index is 4.74. The first kappa shape index (κ1) is 22.7. The maximum Gasteiger partial charge on any atom is 0.233 e. The van der Waals surface area contributed by atoms with Crippen molar-refractivity contribution in [2.45, 2.75) is 70.4 Å². The Kier molecular flexibility index (Phi) is 7.28. The average Bonchev–Trinajstić information content (AvgIpc) is 3.17. The smallest absolute Gasteiger partial charge is 0.233 e. The highest BCUT2D eigenvalue weighted by molar-refractivity contribution is 5.90. The normalized spacial score (nSPS) is 19.7. The van der Waals surface area contributed by atoms with Crippen molar-refractivity contribution in [3.63, 3.8) is 0 Å². The molecule has 0 aromatic carbocycles. The molecular formula is C25H35N9. The summed E-state index contributed by atoms with van der Waals surface area (Å²) in [7, 11) is 0. The van der Waals surface area contributed by atoms with Gasteiger partial charge in [0.15, 0.2) is 0 Å². The summed E-state index contributed by atoms with van der Waals surface area (Å²) in [6.45, 7) is 5.30. The number of nitrogens with zero attached hydrogens (tertiary/aromatic N) is 6. The van der Waals surface area contributed by atoms with E-state index in [0.717, 1.165) is 42.5 Å². The van der Waals surface area contributed by atoms with Gasteiger partial charge in [-0.25, -0.2) is 0 Å². The molecule has 1 saturated carbocycles. The Hall–Kier alpha value is -3.07. The molecule has 1 aliphatic heterocycles. The van der Waals surface area contributed by atoms with Crippen LogP contribution in [0.15, 0.2) is 30.7 Å². The summed E-state index contributed by atoms with van der Waals surface area (Å²) >= 11 is 0. The average molecular weight is 462 g/mol. The van der Waals surface area contributed by atoms with E-state index in [1.807, 2.05) is 18.3 Å². The molecule has 2 fully saturated rings. The molecule has 3 aromatic heterocycles. The van der Waals surface area contributed by atoms with E-state index in [1.54, 1.807) is 12.4 Å². The van der Waals surface area contributed by atoms with Crippen LogP contribution in [0.25, 0.3) is 10.9 Å². The molecule has 0 bridgehead atoms. The standard InChI is InChI=1S/C25H35N9/c1-2-34-14-8-12-20(34)16-28-23-31-24(29-19-10-5-3-4-6-11-19)33-25(32-23)30-21-17-26-15-18-9-7-13-27-22(18)21/h7,9,13,15,17,19-20H,2-6,8,10-12,14,16H2,1H3,(H3,28,29,30,31,32,33). The molecule has 1 saturated heterocycles. The van der Waals surface area contributed by atoms with Gasteiger partial charge >= 0.3 is 0 Å². The first-order valence-corrected chi connectivity index (χ1v) is 12.7. The van der Waals surface area contributed by atoms with Gasteiger partial charge in [0.25, 0.3) is 0 Å². The Bertz CT molecular complexity index is 1080. The molecule has 3 aromatic rings. The number of hydrogen-bond acceptors (Lipinski definition) is 9. The molecular weight excluding hydrogens is 426 g/mol. The van der Waals surface area contributed by atoms with Crippen molar-refractivity contribution >= 4 is 34.4 Å². The Morgan fingerprint density at radius 2 is 1.76 bits per heavy atom. The molecule has 3 N–H and O–H groups in total. The van der Waals surface area contributed by atoms with Crippen LogP contribution in [0.4, 0.5) is 23.5 Å². The van der Waals surface area contributed by atoms with Crippen LogP contribution in [0.2, 0.25) is 0 Å². The lowest BCUT2D eigenvalue weighted by molar-refractivity contribution is 0.277. The van der Waals surface area contributed by atoms with Crippen LogP contribution < -0.4 is 16.0 Å². The van der Waals surface area contributed by atoms with E-state index in [4.69, 9.17) is 15.0 Å². The van der Waals surface area contributed by atoms with Gasteiger partial charge in [-0.1, -0.05) is 32.6 Å². The van der Waals surface area contributed by atoms with Crippen LogP contribution in [0.3, 0.4) is 0 Å². The number of aromatic nitrogens is 5. The van der Waals surface area contributed by atoms with E-state index in [2.05, 4.69) is 37.7 Å². The van der Waals surface area contributed by atoms with E-state index in [0.29, 0.717) is 29.9 Å². The van der Waals surface area contributed by atoms with Crippen LogP contribution in [0.1, 0.15) is 58.3 Å². The highest BCUT2D eigenvalue weighted by atomic mass is 15.3. The summed E-state index contributed by atoms with van der Waals surface area (Å²) in [5, 5.41) is 11.4. The Morgan fingerprint density at radius 1 is 0.941 bits per heavy atom. The molecule has 0 radical (unpaired) electrons. The van der Waals surface area contributed by atoms with Crippen molar-refractivity contribution in [1.29, 1.82) is 0 Å². The number of likely N-dealkylation sites (N-methyl/N-ethyl adjacent to an activating group) is 1. The first-order chi connectivity index (χ1) is 16.8. The van der Waals surface area contributed by atoms with Crippen molar-refractivity contribution in [1.82, 2.24) is 29.8 Å². The molecule has 9 nitrogen and oxygen atoms in total. The van der Waals surface area contributed by atoms with Crippen molar-refractivity contribution in [3.8, 4) is 0 Å². The monoisotopic (exact) mass is 461 g/mol. The third-order valence-electron chi connectivity index (χ3n) is 6.98. The predicted molar refractivity (Wildman–Crippen MR) is 137 cm³/mol. The maximum absolute atomic E-state index is 4.74. The highest BCUT2D eigenvalue weighted by Crippen LogP contribution is 2.25. The van der Waals surface area contributed by atoms with Crippen molar-refractivity contribution < 1.29 is 0 Å². The lowest BCUT2D eigenvalue weighted by Gasteiger charge is -2.23. The Morgan fingerprint density at radius 3 is 2.62 bits per heavy atom. The van der Waals surface area contributed by atoms with Gasteiger partial charge in [-0.15, -0.1) is 0 Å². The van der Waals surface area contributed by atoms with Gasteiger partial charge in [-0.2, -0.15) is 15.0 Å². The van der Waals surface area contributed by atoms with Gasteiger partial charge in [0, 0.05) is 36.4 Å². The fourth-order valence-corrected chi connectivity index (χ4v) is 5.15. The molecule has 2 aliphatic rings. The quantitative estimate of drug-likeness (QED) is 0.416. The van der Waals surface area contributed by atoms with E-state index in [9.17, 15) is 0 Å². The first-order valence-electron chi connectivity index (χ1n) is 12.7. The largest absolute Gasteiger partial charge is 0.352 e. The van der Waals surface area contributed by atoms with E-state index >= 15 is 0 Å². The van der Waals surface area contributed by atoms with Gasteiger partial charge in [0.1, 0.15) is 0 Å². The summed E-state index contributed by atoms with van der Waals surface area (Å²) < 4.78 is 0. The summed E-state index contributed by atoms with van der Waals surface area (Å²) in [6.07, 6.45) is 15.3. The molecule has 1 aliphatic carbocycles. The van der Waals surface area contributed by atoms with Crippen molar-refractivity contribution in [2.75, 3.05) is 35.6 Å². The fourth-order valence-electron chi connectivity index (χ4n) is 5.15. The second kappa shape index (κ2) is 10.9. The van der Waals surface area contributed by atoms with E-state index in [-0.39, 0.29) is 0 Å². The van der Waals surface area contributed by atoms with Crippen molar-refractivity contribution in [2.24, 2.45) is 0 Å². The predicted octanol–water partition coefficient (Wildman–Crippen LogP) is 4.59. The molecule has 4 heterocycles. The van der Waals surface area contributed by atoms with Gasteiger partial charge in [-0.3, -0.25) is 14.9 Å². The minimum absolute atomic E-state index is 0.400. The minimum Gasteiger partial charge on any atom is -0.352 e. The van der Waals surface area contributed by atoms with Crippen LogP contribution in [-0.4, -0.2) is 61.5 Å². The fraction of sp³-hybridized carbons (Fsp3) is 0.560. The van der Waals surface area contributed by atoms with Crippen LogP contribution in [0, 0.1) is 0 Å². The Balaban J connectivity index is 1.39. The highest BCUT2D eigenvalue weighted by Gasteiger charge is 2.23. The number of pyridine rings is 2. The van der Waals surface area contributed by atoms with Gasteiger partial charge < -0.3 is 16.0 Å². The summed E-state index contributed by atoms with van der Waals surface area (Å²) in [5.74, 6) is 1.71. The van der Waals surface area contributed by atoms with Gasteiger partial charge in [-0.05, 0) is 50.9 Å². The lowest BCUT2D eigenvalue weighted by Crippen LogP contribution is -2.35. The van der Waals surface area contributed by atoms with Crippen LogP contribution in [-0.2, 0) is 0 Å². The molecule has 1 atom stereocenters. The summed E-state index contributed by atoms with van der Waals surface area (Å²) in [4.78, 5) is 25.6. The Labute approximate surface area is 201 Å². The third-order valence-corrected chi connectivity index (χ3v) is 6.98.